The van der Waals surface area contributed by atoms with E-state index in [1.807, 2.05) is 0 Å². The Kier molecular flexibility index (Phi) is 7.05. The first-order valence-electron chi connectivity index (χ1n) is 9.57. The lowest BCUT2D eigenvalue weighted by atomic mass is 10.0. The number of hydrogen-bond donors (Lipinski definition) is 1. The Bertz CT molecular complexity index is 654. The van der Waals surface area contributed by atoms with Crippen molar-refractivity contribution in [3.63, 3.8) is 0 Å². The SMILES string of the molecule is CC(C)(C)[Si](C)(C)OCCc1cc(F)ccc1C(O)OC(=O)N1CCCC1. The predicted molar refractivity (Wildman–Crippen MR) is 106 cm³/mol. The Labute approximate surface area is 162 Å². The lowest BCUT2D eigenvalue weighted by Crippen LogP contribution is -2.41. The normalized spacial score (nSPS) is 16.5. The molecule has 1 aliphatic heterocycles. The average Bonchev–Trinajstić information content (AvgIpc) is 3.08. The fourth-order valence-electron chi connectivity index (χ4n) is 2.80. The molecule has 1 saturated heterocycles. The van der Waals surface area contributed by atoms with Crippen LogP contribution in [0.3, 0.4) is 0 Å². The third kappa shape index (κ3) is 5.76. The smallest absolute Gasteiger partial charge is 0.412 e. The summed E-state index contributed by atoms with van der Waals surface area (Å²) in [5, 5.41) is 10.5. The van der Waals surface area contributed by atoms with Gasteiger partial charge in [-0.15, -0.1) is 0 Å². The molecular weight excluding hydrogens is 365 g/mol. The van der Waals surface area contributed by atoms with E-state index in [0.717, 1.165) is 12.8 Å². The van der Waals surface area contributed by atoms with Crippen LogP contribution < -0.4 is 0 Å². The topological polar surface area (TPSA) is 59.0 Å². The molecule has 1 heterocycles. The highest BCUT2D eigenvalue weighted by Gasteiger charge is 2.37. The van der Waals surface area contributed by atoms with Gasteiger partial charge in [0, 0.05) is 25.3 Å². The maximum Gasteiger partial charge on any atom is 0.412 e. The summed E-state index contributed by atoms with van der Waals surface area (Å²) >= 11 is 0. The maximum atomic E-state index is 13.7. The minimum atomic E-state index is -1.91. The molecule has 152 valence electrons. The van der Waals surface area contributed by atoms with Crippen molar-refractivity contribution < 1.29 is 23.5 Å². The molecule has 1 aromatic carbocycles. The molecule has 7 heteroatoms. The Morgan fingerprint density at radius 2 is 1.93 bits per heavy atom. The zero-order valence-electron chi connectivity index (χ0n) is 17.0. The number of nitrogens with zero attached hydrogens (tertiary/aromatic N) is 1. The molecule has 0 aliphatic carbocycles. The monoisotopic (exact) mass is 397 g/mol. The number of likely N-dealkylation sites (tertiary alicyclic amines) is 1. The van der Waals surface area contributed by atoms with E-state index in [1.165, 1.54) is 18.2 Å². The Morgan fingerprint density at radius 1 is 1.30 bits per heavy atom. The first-order chi connectivity index (χ1) is 12.5. The van der Waals surface area contributed by atoms with E-state index in [2.05, 4.69) is 33.9 Å². The van der Waals surface area contributed by atoms with Crippen molar-refractivity contribution in [2.75, 3.05) is 19.7 Å². The van der Waals surface area contributed by atoms with Gasteiger partial charge in [0.05, 0.1) is 0 Å². The summed E-state index contributed by atoms with van der Waals surface area (Å²) < 4.78 is 25.1. The fraction of sp³-hybridized carbons (Fsp3) is 0.650. The van der Waals surface area contributed by atoms with Crippen molar-refractivity contribution in [2.24, 2.45) is 0 Å². The zero-order chi connectivity index (χ0) is 20.2. The molecular formula is C20H32FNO4Si. The van der Waals surface area contributed by atoms with Gasteiger partial charge in [0.1, 0.15) is 5.82 Å². The number of hydrogen-bond acceptors (Lipinski definition) is 4. The fourth-order valence-corrected chi connectivity index (χ4v) is 3.84. The Hall–Kier alpha value is -1.44. The van der Waals surface area contributed by atoms with Crippen LogP contribution in [0.1, 0.15) is 51.0 Å². The van der Waals surface area contributed by atoms with E-state index in [0.29, 0.717) is 37.2 Å². The van der Waals surface area contributed by atoms with Gasteiger partial charge in [-0.2, -0.15) is 0 Å². The molecule has 0 spiro atoms. The highest BCUT2D eigenvalue weighted by Crippen LogP contribution is 2.36. The van der Waals surface area contributed by atoms with Crippen LogP contribution in [0, 0.1) is 5.82 Å². The third-order valence-corrected chi connectivity index (χ3v) is 10.1. The summed E-state index contributed by atoms with van der Waals surface area (Å²) in [5.74, 6) is -0.390. The van der Waals surface area contributed by atoms with Gasteiger partial charge in [-0.25, -0.2) is 9.18 Å². The first-order valence-corrected chi connectivity index (χ1v) is 12.5. The molecule has 1 fully saturated rings. The zero-order valence-corrected chi connectivity index (χ0v) is 18.0. The number of carbonyl (C=O) groups excluding carboxylic acids is 1. The summed E-state index contributed by atoms with van der Waals surface area (Å²) in [5.41, 5.74) is 0.998. The number of carbonyl (C=O) groups is 1. The minimum absolute atomic E-state index is 0.0859. The molecule has 0 radical (unpaired) electrons. The van der Waals surface area contributed by atoms with Crippen molar-refractivity contribution in [3.8, 4) is 0 Å². The van der Waals surface area contributed by atoms with Gasteiger partial charge >= 0.3 is 6.09 Å². The third-order valence-electron chi connectivity index (χ3n) is 5.59. The molecule has 1 aliphatic rings. The number of rotatable bonds is 6. The number of aliphatic hydroxyl groups excluding tert-OH is 1. The molecule has 0 aromatic heterocycles. The van der Waals surface area contributed by atoms with Crippen molar-refractivity contribution in [3.05, 3.63) is 35.1 Å². The van der Waals surface area contributed by atoms with Crippen LogP contribution in [0.4, 0.5) is 9.18 Å². The summed E-state index contributed by atoms with van der Waals surface area (Å²) in [4.78, 5) is 13.7. The van der Waals surface area contributed by atoms with Gasteiger partial charge in [0.2, 0.25) is 6.29 Å². The Morgan fingerprint density at radius 3 is 2.52 bits per heavy atom. The maximum absolute atomic E-state index is 13.7. The van der Waals surface area contributed by atoms with Crippen LogP contribution in [0.2, 0.25) is 18.1 Å². The number of ether oxygens (including phenoxy) is 1. The number of halogens is 1. The molecule has 1 unspecified atom stereocenters. The first kappa shape index (κ1) is 21.9. The number of aliphatic hydroxyl groups is 1. The second kappa shape index (κ2) is 8.71. The van der Waals surface area contributed by atoms with Gasteiger partial charge in [0.15, 0.2) is 8.32 Å². The number of amides is 1. The molecule has 0 bridgehead atoms. The molecule has 1 aromatic rings. The van der Waals surface area contributed by atoms with Crippen LogP contribution in [0.15, 0.2) is 18.2 Å². The Balaban J connectivity index is 2.04. The summed E-state index contributed by atoms with van der Waals surface area (Å²) in [7, 11) is -1.91. The van der Waals surface area contributed by atoms with Gasteiger partial charge < -0.3 is 19.2 Å². The van der Waals surface area contributed by atoms with E-state index >= 15 is 0 Å². The summed E-state index contributed by atoms with van der Waals surface area (Å²) in [6.07, 6.45) is 0.377. The van der Waals surface area contributed by atoms with Gasteiger partial charge in [-0.1, -0.05) is 20.8 Å². The lowest BCUT2D eigenvalue weighted by molar-refractivity contribution is -0.0658. The molecule has 1 amide bonds. The van der Waals surface area contributed by atoms with E-state index in [9.17, 15) is 14.3 Å². The molecule has 27 heavy (non-hydrogen) atoms. The molecule has 2 rings (SSSR count). The van der Waals surface area contributed by atoms with Crippen LogP contribution >= 0.6 is 0 Å². The summed E-state index contributed by atoms with van der Waals surface area (Å²) in [6.45, 7) is 12.5. The van der Waals surface area contributed by atoms with E-state index < -0.39 is 20.7 Å². The van der Waals surface area contributed by atoms with Crippen LogP contribution in [-0.4, -0.2) is 44.1 Å². The second-order valence-corrected chi connectivity index (χ2v) is 13.4. The van der Waals surface area contributed by atoms with Crippen LogP contribution in [0.5, 0.6) is 0 Å². The molecule has 0 saturated carbocycles. The van der Waals surface area contributed by atoms with E-state index in [-0.39, 0.29) is 10.9 Å². The molecule has 5 nitrogen and oxygen atoms in total. The largest absolute Gasteiger partial charge is 0.416 e. The molecule has 1 N–H and O–H groups in total. The van der Waals surface area contributed by atoms with E-state index in [1.54, 1.807) is 4.90 Å². The van der Waals surface area contributed by atoms with Crippen molar-refractivity contribution >= 4 is 14.4 Å². The second-order valence-electron chi connectivity index (χ2n) is 8.63. The molecule has 1 atom stereocenters. The van der Waals surface area contributed by atoms with Crippen molar-refractivity contribution in [2.45, 2.75) is 64.5 Å². The van der Waals surface area contributed by atoms with Crippen LogP contribution in [-0.2, 0) is 15.6 Å². The van der Waals surface area contributed by atoms with E-state index in [4.69, 9.17) is 9.16 Å². The number of benzene rings is 1. The summed E-state index contributed by atoms with van der Waals surface area (Å²) in [6, 6.07) is 4.11. The van der Waals surface area contributed by atoms with Gasteiger partial charge in [0.25, 0.3) is 0 Å². The van der Waals surface area contributed by atoms with Gasteiger partial charge in [-0.3, -0.25) is 0 Å². The van der Waals surface area contributed by atoms with Gasteiger partial charge in [-0.05, 0) is 61.2 Å². The lowest BCUT2D eigenvalue weighted by Gasteiger charge is -2.36. The quantitative estimate of drug-likeness (QED) is 0.562. The van der Waals surface area contributed by atoms with Crippen molar-refractivity contribution in [1.82, 2.24) is 4.90 Å². The standard InChI is InChI=1S/C20H32FNO4Si/c1-20(2,3)27(4,5)25-13-10-15-14-16(21)8-9-17(15)18(23)26-19(24)22-11-6-7-12-22/h8-9,14,18,23H,6-7,10-13H2,1-5H3. The van der Waals surface area contributed by atoms with Crippen molar-refractivity contribution in [1.29, 1.82) is 0 Å². The highest BCUT2D eigenvalue weighted by molar-refractivity contribution is 6.74. The average molecular weight is 398 g/mol. The van der Waals surface area contributed by atoms with Crippen LogP contribution in [0.25, 0.3) is 0 Å². The minimum Gasteiger partial charge on any atom is -0.416 e. The highest BCUT2D eigenvalue weighted by atomic mass is 28.4. The predicted octanol–water partition coefficient (Wildman–Crippen LogP) is 4.61.